The van der Waals surface area contributed by atoms with Crippen molar-refractivity contribution >= 4 is 66.6 Å². The van der Waals surface area contributed by atoms with Crippen molar-refractivity contribution in [3.05, 3.63) is 126 Å². The summed E-state index contributed by atoms with van der Waals surface area (Å²) in [5.41, 5.74) is 4.14. The Balaban J connectivity index is 1.35. The maximum Gasteiger partial charge on any atom is 0.282 e. The van der Waals surface area contributed by atoms with Gasteiger partial charge < -0.3 is 9.15 Å². The number of hydrogen-bond donors (Lipinski definition) is 0. The first-order chi connectivity index (χ1) is 18.9. The molecule has 6 aromatic rings. The molecule has 39 heavy (non-hydrogen) atoms. The normalized spacial score (nSPS) is 11.6. The van der Waals surface area contributed by atoms with Gasteiger partial charge in [0, 0.05) is 9.86 Å². The van der Waals surface area contributed by atoms with E-state index in [-0.39, 0.29) is 5.56 Å². The Kier molecular flexibility index (Phi) is 7.05. The minimum absolute atomic E-state index is 0.277. The smallest absolute Gasteiger partial charge is 0.282 e. The van der Waals surface area contributed by atoms with Crippen molar-refractivity contribution in [1.82, 2.24) is 9.66 Å². The SMILES string of the molecule is Cc1cccc(COc2ccc(C=Nn3c(-c4cc5cc(Br)ccc5o4)nc4ccccc4c3=O)cc2I)c1. The van der Waals surface area contributed by atoms with Gasteiger partial charge in [-0.25, -0.2) is 4.98 Å². The van der Waals surface area contributed by atoms with E-state index in [2.05, 4.69) is 68.7 Å². The van der Waals surface area contributed by atoms with Gasteiger partial charge in [0.2, 0.25) is 5.82 Å². The molecule has 0 fully saturated rings. The van der Waals surface area contributed by atoms with Crippen molar-refractivity contribution in [2.24, 2.45) is 5.10 Å². The molecule has 0 aliphatic carbocycles. The minimum atomic E-state index is -0.277. The molecule has 6 nitrogen and oxygen atoms in total. The van der Waals surface area contributed by atoms with E-state index < -0.39 is 0 Å². The third kappa shape index (κ3) is 5.39. The summed E-state index contributed by atoms with van der Waals surface area (Å²) < 4.78 is 15.3. The third-order valence-electron chi connectivity index (χ3n) is 6.21. The topological polar surface area (TPSA) is 69.6 Å². The van der Waals surface area contributed by atoms with Gasteiger partial charge in [0.25, 0.3) is 5.56 Å². The van der Waals surface area contributed by atoms with E-state index in [9.17, 15) is 4.79 Å². The van der Waals surface area contributed by atoms with Crippen LogP contribution in [-0.4, -0.2) is 15.9 Å². The van der Waals surface area contributed by atoms with Gasteiger partial charge in [0.05, 0.1) is 20.7 Å². The molecule has 8 heteroatoms. The van der Waals surface area contributed by atoms with E-state index in [1.54, 1.807) is 12.3 Å². The Bertz CT molecular complexity index is 1940. The fourth-order valence-electron chi connectivity index (χ4n) is 4.32. The number of para-hydroxylation sites is 1. The molecule has 2 aromatic heterocycles. The molecule has 0 aliphatic heterocycles. The number of furan rings is 1. The molecule has 0 N–H and O–H groups in total. The van der Waals surface area contributed by atoms with Crippen LogP contribution in [0.25, 0.3) is 33.5 Å². The summed E-state index contributed by atoms with van der Waals surface area (Å²) in [6.07, 6.45) is 1.65. The van der Waals surface area contributed by atoms with Crippen molar-refractivity contribution in [2.75, 3.05) is 0 Å². The number of halogens is 2. The standard InChI is InChI=1S/C31H21BrIN3O3/c1-19-5-4-6-21(13-19)18-38-28-11-9-20(14-25(28)33)17-34-36-30(35-26-8-3-2-7-24(26)31(36)37)29-16-22-15-23(32)10-12-27(22)39-29/h2-17H,18H2,1H3. The van der Waals surface area contributed by atoms with Gasteiger partial charge >= 0.3 is 0 Å². The molecule has 0 atom stereocenters. The van der Waals surface area contributed by atoms with Crippen molar-refractivity contribution < 1.29 is 9.15 Å². The van der Waals surface area contributed by atoms with Gasteiger partial charge in [-0.2, -0.15) is 9.78 Å². The van der Waals surface area contributed by atoms with E-state index in [1.807, 2.05) is 66.7 Å². The molecule has 4 aromatic carbocycles. The van der Waals surface area contributed by atoms with Gasteiger partial charge in [-0.15, -0.1) is 0 Å². The highest BCUT2D eigenvalue weighted by molar-refractivity contribution is 14.1. The molecule has 2 heterocycles. The lowest BCUT2D eigenvalue weighted by Gasteiger charge is -2.10. The monoisotopic (exact) mass is 689 g/mol. The van der Waals surface area contributed by atoms with E-state index in [4.69, 9.17) is 14.1 Å². The van der Waals surface area contributed by atoms with E-state index in [0.29, 0.717) is 34.7 Å². The Morgan fingerprint density at radius 1 is 1.03 bits per heavy atom. The van der Waals surface area contributed by atoms with Crippen molar-refractivity contribution in [1.29, 1.82) is 0 Å². The van der Waals surface area contributed by atoms with Gasteiger partial charge in [-0.05, 0) is 95.2 Å². The summed E-state index contributed by atoms with van der Waals surface area (Å²) in [5, 5.41) is 5.94. The van der Waals surface area contributed by atoms with Gasteiger partial charge in [-0.3, -0.25) is 4.79 Å². The zero-order valence-electron chi connectivity index (χ0n) is 20.8. The summed E-state index contributed by atoms with van der Waals surface area (Å²) in [4.78, 5) is 18.3. The third-order valence-corrected chi connectivity index (χ3v) is 7.54. The molecule has 0 spiro atoms. The number of fused-ring (bicyclic) bond motifs is 2. The van der Waals surface area contributed by atoms with Crippen LogP contribution in [0.1, 0.15) is 16.7 Å². The average molecular weight is 690 g/mol. The fourth-order valence-corrected chi connectivity index (χ4v) is 5.39. The number of aryl methyl sites for hydroxylation is 1. The van der Waals surface area contributed by atoms with Crippen LogP contribution in [-0.2, 0) is 6.61 Å². The molecule has 0 saturated heterocycles. The maximum absolute atomic E-state index is 13.5. The summed E-state index contributed by atoms with van der Waals surface area (Å²) in [5.74, 6) is 1.57. The Hall–Kier alpha value is -3.76. The molecule has 0 amide bonds. The first kappa shape index (κ1) is 25.5. The zero-order chi connectivity index (χ0) is 26.9. The Labute approximate surface area is 246 Å². The summed E-state index contributed by atoms with van der Waals surface area (Å²) >= 11 is 5.74. The Morgan fingerprint density at radius 3 is 2.74 bits per heavy atom. The number of hydrogen-bond acceptors (Lipinski definition) is 5. The van der Waals surface area contributed by atoms with Crippen LogP contribution in [0.4, 0.5) is 0 Å². The first-order valence-electron chi connectivity index (χ1n) is 12.2. The van der Waals surface area contributed by atoms with Crippen LogP contribution in [0.3, 0.4) is 0 Å². The lowest BCUT2D eigenvalue weighted by atomic mass is 10.1. The maximum atomic E-state index is 13.5. The lowest BCUT2D eigenvalue weighted by Crippen LogP contribution is -2.20. The van der Waals surface area contributed by atoms with Crippen LogP contribution < -0.4 is 10.3 Å². The molecule has 0 saturated carbocycles. The lowest BCUT2D eigenvalue weighted by molar-refractivity contribution is 0.304. The molecule has 0 radical (unpaired) electrons. The average Bonchev–Trinajstić information content (AvgIpc) is 3.35. The van der Waals surface area contributed by atoms with Crippen molar-refractivity contribution in [3.63, 3.8) is 0 Å². The van der Waals surface area contributed by atoms with Crippen molar-refractivity contribution in [2.45, 2.75) is 13.5 Å². The number of aromatic nitrogens is 2. The largest absolute Gasteiger partial charge is 0.488 e. The van der Waals surface area contributed by atoms with Crippen LogP contribution in [0.15, 0.2) is 110 Å². The predicted octanol–water partition coefficient (Wildman–Crippen LogP) is 7.95. The number of nitrogens with zero attached hydrogens (tertiary/aromatic N) is 3. The van der Waals surface area contributed by atoms with Gasteiger partial charge in [-0.1, -0.05) is 57.9 Å². The highest BCUT2D eigenvalue weighted by atomic mass is 127. The van der Waals surface area contributed by atoms with E-state index >= 15 is 0 Å². The van der Waals surface area contributed by atoms with Crippen LogP contribution >= 0.6 is 38.5 Å². The number of rotatable bonds is 6. The molecular formula is C31H21BrIN3O3. The van der Waals surface area contributed by atoms with E-state index in [0.717, 1.165) is 30.3 Å². The molecule has 0 aliphatic rings. The second-order valence-corrected chi connectivity index (χ2v) is 11.2. The fraction of sp³-hybridized carbons (Fsp3) is 0.0645. The molecule has 0 bridgehead atoms. The number of ether oxygens (including phenoxy) is 1. The minimum Gasteiger partial charge on any atom is -0.488 e. The zero-order valence-corrected chi connectivity index (χ0v) is 24.5. The summed E-state index contributed by atoms with van der Waals surface area (Å²) in [6, 6.07) is 28.9. The van der Waals surface area contributed by atoms with Crippen LogP contribution in [0, 0.1) is 10.5 Å². The molecule has 6 rings (SSSR count). The quantitative estimate of drug-likeness (QED) is 0.132. The molecule has 0 unspecified atom stereocenters. The second-order valence-electron chi connectivity index (χ2n) is 9.07. The summed E-state index contributed by atoms with van der Waals surface area (Å²) in [6.45, 7) is 2.55. The van der Waals surface area contributed by atoms with Gasteiger partial charge in [0.15, 0.2) is 5.76 Å². The highest BCUT2D eigenvalue weighted by Gasteiger charge is 2.16. The van der Waals surface area contributed by atoms with Gasteiger partial charge in [0.1, 0.15) is 17.9 Å². The second kappa shape index (κ2) is 10.8. The molecule has 192 valence electrons. The first-order valence-corrected chi connectivity index (χ1v) is 14.1. The Morgan fingerprint density at radius 2 is 1.90 bits per heavy atom. The summed E-state index contributed by atoms with van der Waals surface area (Å²) in [7, 11) is 0. The van der Waals surface area contributed by atoms with E-state index in [1.165, 1.54) is 10.2 Å². The highest BCUT2D eigenvalue weighted by Crippen LogP contribution is 2.29. The molecular weight excluding hydrogens is 669 g/mol. The predicted molar refractivity (Wildman–Crippen MR) is 167 cm³/mol. The van der Waals surface area contributed by atoms with Crippen LogP contribution in [0.2, 0.25) is 0 Å². The van der Waals surface area contributed by atoms with Crippen molar-refractivity contribution in [3.8, 4) is 17.3 Å². The van der Waals surface area contributed by atoms with Crippen LogP contribution in [0.5, 0.6) is 5.75 Å². The number of benzene rings is 4.